The van der Waals surface area contributed by atoms with E-state index in [2.05, 4.69) is 20.3 Å². The van der Waals surface area contributed by atoms with Crippen molar-refractivity contribution in [3.8, 4) is 12.2 Å². The molecule has 1 heterocycles. The second-order valence-electron chi connectivity index (χ2n) is 1.88. The number of aromatic nitrogens is 3. The van der Waals surface area contributed by atoms with Gasteiger partial charge < -0.3 is 15.0 Å². The maximum absolute atomic E-state index is 8.22. The molecule has 0 aromatic carbocycles. The molecule has 0 bridgehead atoms. The van der Waals surface area contributed by atoms with Gasteiger partial charge in [0.05, 0.1) is 25.1 Å². The van der Waals surface area contributed by atoms with Crippen molar-refractivity contribution in [1.82, 2.24) is 15.0 Å². The second-order valence-corrected chi connectivity index (χ2v) is 1.88. The van der Waals surface area contributed by atoms with E-state index in [0.717, 1.165) is 0 Å². The predicted octanol–water partition coefficient (Wildman–Crippen LogP) is -2.32. The predicted molar refractivity (Wildman–Crippen MR) is 39.7 cm³/mol. The minimum Gasteiger partial charge on any atom is -0.476 e. The van der Waals surface area contributed by atoms with Crippen LogP contribution in [0.2, 0.25) is 0 Å². The van der Waals surface area contributed by atoms with Gasteiger partial charge in [0.1, 0.15) is 0 Å². The fourth-order valence-corrected chi connectivity index (χ4v) is 0.630. The van der Waals surface area contributed by atoms with E-state index >= 15 is 0 Å². The molecule has 6 nitrogen and oxygen atoms in total. The Balaban J connectivity index is 0.00000144. The topological polar surface area (TPSA) is 85.8 Å². The summed E-state index contributed by atoms with van der Waals surface area (Å²) >= 11 is 0. The fraction of sp³-hybridized carbons (Fsp3) is 0.333. The first-order valence-electron chi connectivity index (χ1n) is 3.12. The van der Waals surface area contributed by atoms with Crippen LogP contribution in [0.15, 0.2) is 0 Å². The number of rotatable bonds is 2. The molecule has 1 aromatic rings. The van der Waals surface area contributed by atoms with Gasteiger partial charge in [0.15, 0.2) is 0 Å². The molecule has 0 atom stereocenters. The minimum atomic E-state index is 0. The maximum Gasteiger partial charge on any atom is 1.00 e. The summed E-state index contributed by atoms with van der Waals surface area (Å²) < 4.78 is 4.75. The Morgan fingerprint density at radius 2 is 2.08 bits per heavy atom. The molecule has 62 valence electrons. The van der Waals surface area contributed by atoms with Crippen LogP contribution >= 0.6 is 0 Å². The van der Waals surface area contributed by atoms with Gasteiger partial charge in [-0.3, -0.25) is 10.3 Å². The zero-order valence-electron chi connectivity index (χ0n) is 7.64. The number of nitrogens with zero attached hydrogens (tertiary/aromatic N) is 5. The quantitative estimate of drug-likeness (QED) is 0.383. The largest absolute Gasteiger partial charge is 1.00 e. The molecule has 0 aliphatic rings. The third-order valence-electron chi connectivity index (χ3n) is 1.05. The number of hydrogen-bond donors (Lipinski definition) is 0. The molecule has 0 amide bonds. The Hall–Kier alpha value is -0.900. The summed E-state index contributed by atoms with van der Waals surface area (Å²) in [5.74, 6) is 0.540. The summed E-state index contributed by atoms with van der Waals surface area (Å²) in [6, 6.07) is 0.163. The first-order chi connectivity index (χ1) is 5.76. The van der Waals surface area contributed by atoms with E-state index < -0.39 is 0 Å². The van der Waals surface area contributed by atoms with Crippen LogP contribution < -0.4 is 34.3 Å². The van der Waals surface area contributed by atoms with Crippen molar-refractivity contribution in [2.24, 2.45) is 0 Å². The minimum absolute atomic E-state index is 0. The molecule has 0 fully saturated rings. The Bertz CT molecular complexity index is 323. The Morgan fingerprint density at radius 1 is 1.38 bits per heavy atom. The van der Waals surface area contributed by atoms with E-state index in [0.29, 0.717) is 5.82 Å². The van der Waals surface area contributed by atoms with Crippen molar-refractivity contribution < 1.29 is 34.3 Å². The van der Waals surface area contributed by atoms with Crippen molar-refractivity contribution in [2.45, 2.75) is 6.92 Å². The third kappa shape index (κ3) is 3.55. The summed E-state index contributed by atoms with van der Waals surface area (Å²) in [5, 5.41) is 11.6. The van der Waals surface area contributed by atoms with Crippen LogP contribution in [0.3, 0.4) is 0 Å². The maximum atomic E-state index is 8.22. The average molecular weight is 187 g/mol. The first-order valence-corrected chi connectivity index (χ1v) is 3.12. The van der Waals surface area contributed by atoms with Crippen LogP contribution in [0, 0.1) is 18.4 Å². The first kappa shape index (κ1) is 12.1. The van der Waals surface area contributed by atoms with Crippen LogP contribution in [0.25, 0.3) is 5.32 Å². The van der Waals surface area contributed by atoms with Gasteiger partial charge in [0.2, 0.25) is 0 Å². The number of methoxy groups -OCH3 is 1. The van der Waals surface area contributed by atoms with Crippen LogP contribution in [-0.4, -0.2) is 22.1 Å². The number of aryl methyl sites for hydroxylation is 1. The molecule has 7 heteroatoms. The molecule has 1 rings (SSSR count). The van der Waals surface area contributed by atoms with Crippen LogP contribution in [0.5, 0.6) is 6.01 Å². The summed E-state index contributed by atoms with van der Waals surface area (Å²) in [6.07, 6.45) is 1.58. The molecule has 0 saturated carbocycles. The summed E-state index contributed by atoms with van der Waals surface area (Å²) in [4.78, 5) is 11.3. The van der Waals surface area contributed by atoms with E-state index in [4.69, 9.17) is 10.00 Å². The molecule has 13 heavy (non-hydrogen) atoms. The van der Waals surface area contributed by atoms with Gasteiger partial charge in [-0.05, 0) is 6.92 Å². The van der Waals surface area contributed by atoms with Crippen LogP contribution in [0.4, 0.5) is 5.95 Å². The van der Waals surface area contributed by atoms with E-state index in [1.54, 1.807) is 13.1 Å². The van der Waals surface area contributed by atoms with Crippen molar-refractivity contribution in [3.05, 3.63) is 11.1 Å². The van der Waals surface area contributed by atoms with Gasteiger partial charge in [-0.25, -0.2) is 4.98 Å². The molecule has 0 aliphatic carbocycles. The van der Waals surface area contributed by atoms with Gasteiger partial charge in [0.25, 0.3) is 6.01 Å². The van der Waals surface area contributed by atoms with Crippen molar-refractivity contribution in [1.29, 1.82) is 5.26 Å². The van der Waals surface area contributed by atoms with Gasteiger partial charge in [0, 0.05) is 0 Å². The monoisotopic (exact) mass is 187 g/mol. The zero-order valence-corrected chi connectivity index (χ0v) is 9.64. The Morgan fingerprint density at radius 3 is 2.62 bits per heavy atom. The van der Waals surface area contributed by atoms with Crippen molar-refractivity contribution in [2.75, 3.05) is 7.11 Å². The molecule has 0 N–H and O–H groups in total. The van der Waals surface area contributed by atoms with Crippen molar-refractivity contribution in [3.63, 3.8) is 0 Å². The molecule has 0 saturated heterocycles. The Labute approximate surface area is 97.7 Å². The summed E-state index contributed by atoms with van der Waals surface area (Å²) in [5.41, 5.74) is 0. The normalized spacial score (nSPS) is 8.08. The van der Waals surface area contributed by atoms with Gasteiger partial charge in [-0.15, -0.1) is 0 Å². The second kappa shape index (κ2) is 5.70. The third-order valence-corrected chi connectivity index (χ3v) is 1.05. The van der Waals surface area contributed by atoms with E-state index in [1.807, 2.05) is 0 Å². The zero-order chi connectivity index (χ0) is 8.97. The average Bonchev–Trinajstić information content (AvgIpc) is 2.04. The molecule has 1 aromatic heterocycles. The summed E-state index contributed by atoms with van der Waals surface area (Å²) in [7, 11) is 1.44. The molecular weight excluding hydrogens is 181 g/mol. The smallest absolute Gasteiger partial charge is 0.476 e. The van der Waals surface area contributed by atoms with Gasteiger partial charge >= 0.3 is 29.6 Å². The molecule has 0 unspecified atom stereocenters. The van der Waals surface area contributed by atoms with Gasteiger partial charge in [-0.1, -0.05) is 0 Å². The fourth-order valence-electron chi connectivity index (χ4n) is 0.630. The number of nitriles is 1. The van der Waals surface area contributed by atoms with E-state index in [1.165, 1.54) is 7.11 Å². The molecule has 0 radical (unpaired) electrons. The van der Waals surface area contributed by atoms with Crippen LogP contribution in [-0.2, 0) is 0 Å². The molecule has 0 aliphatic heterocycles. The standard InChI is InChI=1S/C6H6N5O.Na/c1-4-9-5(8-3-7)11-6(10-4)12-2;/h1-2H3;/q-1;+1. The molecule has 0 spiro atoms. The number of ether oxygens (including phenoxy) is 1. The van der Waals surface area contributed by atoms with E-state index in [-0.39, 0.29) is 41.5 Å². The molecular formula is C6H6N5NaO. The summed E-state index contributed by atoms with van der Waals surface area (Å²) in [6.45, 7) is 1.67. The SMILES string of the molecule is COc1nc(C)nc([N-]C#N)n1.[Na+]. The number of hydrogen-bond acceptors (Lipinski definition) is 5. The van der Waals surface area contributed by atoms with E-state index in [9.17, 15) is 0 Å². The van der Waals surface area contributed by atoms with Crippen molar-refractivity contribution >= 4 is 5.95 Å². The Kier molecular flexibility index (Phi) is 5.30. The van der Waals surface area contributed by atoms with Gasteiger partial charge in [-0.2, -0.15) is 0 Å². The van der Waals surface area contributed by atoms with Crippen LogP contribution in [0.1, 0.15) is 5.82 Å².